The van der Waals surface area contributed by atoms with E-state index in [2.05, 4.69) is 33.9 Å². The lowest BCUT2D eigenvalue weighted by molar-refractivity contribution is -0.220. The minimum atomic E-state index is -4.90. The molecule has 0 radical (unpaired) electrons. The van der Waals surface area contributed by atoms with Crippen molar-refractivity contribution in [2.45, 2.75) is 116 Å². The van der Waals surface area contributed by atoms with Gasteiger partial charge in [-0.05, 0) is 68.4 Å². The molecular weight excluding hydrogens is 565 g/mol. The van der Waals surface area contributed by atoms with E-state index in [1.54, 1.807) is 6.20 Å². The number of nitrogens with one attached hydrogen (secondary N) is 1. The predicted molar refractivity (Wildman–Crippen MR) is 172 cm³/mol. The number of aromatic nitrogens is 1. The summed E-state index contributed by atoms with van der Waals surface area (Å²) in [6, 6.07) is 12.4. The van der Waals surface area contributed by atoms with Gasteiger partial charge in [0.25, 0.3) is 7.82 Å². The van der Waals surface area contributed by atoms with Gasteiger partial charge >= 0.3 is 0 Å². The van der Waals surface area contributed by atoms with Crippen LogP contribution in [0.2, 0.25) is 0 Å². The third kappa shape index (κ3) is 20.9. The smallest absolute Gasteiger partial charge is 0.265 e. The van der Waals surface area contributed by atoms with Gasteiger partial charge in [-0.3, -0.25) is 14.3 Å². The van der Waals surface area contributed by atoms with Crippen molar-refractivity contribution in [3.63, 3.8) is 0 Å². The zero-order valence-electron chi connectivity index (χ0n) is 26.3. The summed E-state index contributed by atoms with van der Waals surface area (Å²) in [5.41, 5.74) is 1.69. The highest BCUT2D eigenvalue weighted by atomic mass is 31.2. The molecule has 2 aromatic rings. The Hall–Kier alpha value is -2.55. The van der Waals surface area contributed by atoms with Crippen molar-refractivity contribution < 1.29 is 28.4 Å². The van der Waals surface area contributed by atoms with Gasteiger partial charge in [0.1, 0.15) is 12.4 Å². The van der Waals surface area contributed by atoms with Gasteiger partial charge in [-0.25, -0.2) is 0 Å². The summed E-state index contributed by atoms with van der Waals surface area (Å²) in [4.78, 5) is 37.0. The number of hydrogen-bond acceptors (Lipinski definition) is 6. The molecule has 43 heavy (non-hydrogen) atoms. The summed E-state index contributed by atoms with van der Waals surface area (Å²) in [6.07, 6.45) is 22.5. The summed E-state index contributed by atoms with van der Waals surface area (Å²) < 4.78 is 21.5. The Labute approximate surface area is 258 Å². The monoisotopic (exact) mass is 619 g/mol. The standard InChI is InChI=1S/C33H51N2O6P.H3N/c1-2-3-4-5-6-7-8-9-10-11-12-13-14-15-16-20-33(36)35-31(28-41-42(37,38)39)26-29-21-23-32(24-22-29)40-27-30-19-17-18-25-34-30;/h9-10,17-19,21-25,31H,2-8,11-16,20,26-28H2,1H3,(H,35,36)(H2,37,38,39);1H3. The summed E-state index contributed by atoms with van der Waals surface area (Å²) >= 11 is 0. The van der Waals surface area contributed by atoms with Crippen LogP contribution < -0.4 is 21.1 Å². The van der Waals surface area contributed by atoms with Gasteiger partial charge in [-0.1, -0.05) is 88.6 Å². The number of allylic oxidation sites excluding steroid dienone is 2. The molecule has 1 amide bonds. The molecule has 2 rings (SSSR count). The van der Waals surface area contributed by atoms with E-state index >= 15 is 0 Å². The molecule has 0 saturated heterocycles. The first-order chi connectivity index (χ1) is 20.4. The fourth-order valence-electron chi connectivity index (χ4n) is 4.64. The van der Waals surface area contributed by atoms with Gasteiger partial charge < -0.3 is 30.5 Å². The normalized spacial score (nSPS) is 13.3. The first-order valence-corrected chi connectivity index (χ1v) is 17.1. The van der Waals surface area contributed by atoms with Gasteiger partial charge in [0.15, 0.2) is 0 Å². The lowest BCUT2D eigenvalue weighted by Crippen LogP contribution is -2.39. The fraction of sp³-hybridized carbons (Fsp3) is 0.576. The van der Waals surface area contributed by atoms with Crippen LogP contribution >= 0.6 is 7.82 Å². The van der Waals surface area contributed by atoms with Crippen LogP contribution in [0.15, 0.2) is 60.8 Å². The van der Waals surface area contributed by atoms with E-state index < -0.39 is 13.9 Å². The lowest BCUT2D eigenvalue weighted by Gasteiger charge is -2.23. The first-order valence-electron chi connectivity index (χ1n) is 15.6. The molecule has 0 aliphatic heterocycles. The number of carbonyl (C=O) groups is 1. The Morgan fingerprint density at radius 3 is 2.19 bits per heavy atom. The number of nitrogens with zero attached hydrogens (tertiary/aromatic N) is 1. The molecule has 6 N–H and O–H groups in total. The minimum absolute atomic E-state index is 0. The average molecular weight is 620 g/mol. The van der Waals surface area contributed by atoms with Crippen LogP contribution in [0.1, 0.15) is 108 Å². The second kappa shape index (κ2) is 23.9. The molecule has 0 aliphatic rings. The molecule has 0 aliphatic carbocycles. The van der Waals surface area contributed by atoms with Gasteiger partial charge in [0.05, 0.1) is 18.3 Å². The number of amides is 1. The largest absolute Gasteiger partial charge is 0.756 e. The first kappa shape index (κ1) is 38.5. The number of hydrogen-bond donors (Lipinski definition) is 3. The van der Waals surface area contributed by atoms with E-state index in [9.17, 15) is 14.3 Å². The van der Waals surface area contributed by atoms with E-state index in [0.29, 0.717) is 25.2 Å². The number of ether oxygens (including phenoxy) is 1. The van der Waals surface area contributed by atoms with Gasteiger partial charge in [0.2, 0.25) is 5.91 Å². The Morgan fingerprint density at radius 2 is 1.58 bits per heavy atom. The quantitative estimate of drug-likeness (QED) is 0.0621. The summed E-state index contributed by atoms with van der Waals surface area (Å²) in [5.74, 6) is 0.514. The van der Waals surface area contributed by atoms with Crippen LogP contribution in [-0.4, -0.2) is 28.4 Å². The Kier molecular flexibility index (Phi) is 21.3. The van der Waals surface area contributed by atoms with Crippen LogP contribution in [-0.2, 0) is 26.9 Å². The summed E-state index contributed by atoms with van der Waals surface area (Å²) in [7, 11) is -4.90. The number of rotatable bonds is 24. The lowest BCUT2D eigenvalue weighted by atomic mass is 10.1. The molecule has 9 nitrogen and oxygen atoms in total. The zero-order valence-corrected chi connectivity index (χ0v) is 27.1. The molecule has 2 atom stereocenters. The van der Waals surface area contributed by atoms with Gasteiger partial charge in [0, 0.05) is 12.6 Å². The maximum Gasteiger partial charge on any atom is 0.265 e. The maximum absolute atomic E-state index is 12.6. The van der Waals surface area contributed by atoms with Crippen molar-refractivity contribution in [3.05, 3.63) is 72.1 Å². The topological polar surface area (TPSA) is 157 Å². The molecule has 0 saturated carbocycles. The van der Waals surface area contributed by atoms with E-state index in [0.717, 1.165) is 43.4 Å². The number of carbonyl (C=O) groups excluding carboxylic acids is 1. The molecule has 0 spiro atoms. The van der Waals surface area contributed by atoms with Crippen LogP contribution in [0.5, 0.6) is 5.75 Å². The van der Waals surface area contributed by atoms with Crippen molar-refractivity contribution in [2.75, 3.05) is 6.61 Å². The van der Waals surface area contributed by atoms with E-state index in [4.69, 9.17) is 9.63 Å². The third-order valence-corrected chi connectivity index (χ3v) is 7.46. The number of unbranched alkanes of at least 4 members (excludes halogenated alkanes) is 11. The number of benzene rings is 1. The second-order valence-corrected chi connectivity index (χ2v) is 12.0. The molecule has 1 aromatic carbocycles. The van der Waals surface area contributed by atoms with E-state index in [-0.39, 0.29) is 18.7 Å². The zero-order chi connectivity index (χ0) is 30.3. The van der Waals surface area contributed by atoms with Crippen molar-refractivity contribution in [1.82, 2.24) is 16.5 Å². The number of phosphoric ester groups is 1. The highest BCUT2D eigenvalue weighted by Gasteiger charge is 2.16. The fourth-order valence-corrected chi connectivity index (χ4v) is 5.01. The Balaban J connectivity index is 0.00000924. The van der Waals surface area contributed by atoms with Crippen LogP contribution in [0, 0.1) is 0 Å². The van der Waals surface area contributed by atoms with Gasteiger partial charge in [-0.2, -0.15) is 0 Å². The Morgan fingerprint density at radius 1 is 0.953 bits per heavy atom. The van der Waals surface area contributed by atoms with E-state index in [1.165, 1.54) is 51.4 Å². The molecule has 10 heteroatoms. The third-order valence-electron chi connectivity index (χ3n) is 6.99. The number of pyridine rings is 1. The minimum Gasteiger partial charge on any atom is -0.756 e. The molecular formula is C33H54N3O6P. The summed E-state index contributed by atoms with van der Waals surface area (Å²) in [5, 5.41) is 2.87. The average Bonchev–Trinajstić information content (AvgIpc) is 2.97. The summed E-state index contributed by atoms with van der Waals surface area (Å²) in [6.45, 7) is 2.25. The van der Waals surface area contributed by atoms with Crippen LogP contribution in [0.3, 0.4) is 0 Å². The Bertz CT molecular complexity index is 1050. The molecule has 242 valence electrons. The van der Waals surface area contributed by atoms with Crippen molar-refractivity contribution in [2.24, 2.45) is 0 Å². The SMILES string of the molecule is CCCCCCCCC=CCCCCCCCC(=O)NC(COP(=O)([O-])O)Cc1ccc(OCc2ccccn2)cc1.[NH4+]. The molecule has 0 bridgehead atoms. The van der Waals surface area contributed by atoms with Crippen molar-refractivity contribution >= 4 is 13.7 Å². The van der Waals surface area contributed by atoms with Crippen molar-refractivity contribution in [3.8, 4) is 5.75 Å². The molecule has 0 fully saturated rings. The highest BCUT2D eigenvalue weighted by Crippen LogP contribution is 2.30. The number of quaternary nitrogens is 1. The van der Waals surface area contributed by atoms with Crippen molar-refractivity contribution in [1.29, 1.82) is 0 Å². The molecule has 2 unspecified atom stereocenters. The molecule has 1 aromatic heterocycles. The van der Waals surface area contributed by atoms with Gasteiger partial charge in [-0.15, -0.1) is 0 Å². The predicted octanol–water partition coefficient (Wildman–Crippen LogP) is 7.58. The molecule has 1 heterocycles. The van der Waals surface area contributed by atoms with Crippen LogP contribution in [0.4, 0.5) is 0 Å². The van der Waals surface area contributed by atoms with Crippen LogP contribution in [0.25, 0.3) is 0 Å². The highest BCUT2D eigenvalue weighted by molar-refractivity contribution is 7.44. The maximum atomic E-state index is 12.6. The van der Waals surface area contributed by atoms with E-state index in [1.807, 2.05) is 42.5 Å². The second-order valence-electron chi connectivity index (χ2n) is 10.8. The number of phosphoric acid groups is 1.